The second-order valence-electron chi connectivity index (χ2n) is 6.84. The first-order chi connectivity index (χ1) is 10.3. The standard InChI is InChI=1S/C17H35NO4/c1-7-8-9-16(18)17(6)21-14(10-19-12(2)3)15(22-17)11-20-13(4)5/h12-16H,7-11,18H2,1-6H3/t14-,15-,16-/m0/s1. The molecule has 0 spiro atoms. The Kier molecular flexibility index (Phi) is 8.28. The van der Waals surface area contributed by atoms with Gasteiger partial charge in [-0.05, 0) is 41.0 Å². The fourth-order valence-electron chi connectivity index (χ4n) is 2.50. The molecule has 5 heteroatoms. The zero-order valence-corrected chi connectivity index (χ0v) is 15.1. The molecule has 22 heavy (non-hydrogen) atoms. The quantitative estimate of drug-likeness (QED) is 0.671. The summed E-state index contributed by atoms with van der Waals surface area (Å²) in [6.45, 7) is 13.2. The lowest BCUT2D eigenvalue weighted by atomic mass is 10.0. The maximum atomic E-state index is 6.30. The van der Waals surface area contributed by atoms with Crippen LogP contribution in [0, 0.1) is 0 Å². The minimum absolute atomic E-state index is 0.140. The molecule has 0 aliphatic carbocycles. The minimum atomic E-state index is -0.759. The fourth-order valence-corrected chi connectivity index (χ4v) is 2.50. The van der Waals surface area contributed by atoms with Crippen molar-refractivity contribution in [3.05, 3.63) is 0 Å². The zero-order chi connectivity index (χ0) is 16.8. The van der Waals surface area contributed by atoms with Crippen LogP contribution in [0.5, 0.6) is 0 Å². The van der Waals surface area contributed by atoms with Gasteiger partial charge in [-0.2, -0.15) is 0 Å². The number of nitrogens with two attached hydrogens (primary N) is 1. The largest absolute Gasteiger partial charge is 0.376 e. The molecule has 0 radical (unpaired) electrons. The van der Waals surface area contributed by atoms with Gasteiger partial charge in [-0.1, -0.05) is 19.8 Å². The molecule has 1 aliphatic rings. The zero-order valence-electron chi connectivity index (χ0n) is 15.1. The normalized spacial score (nSPS) is 26.0. The van der Waals surface area contributed by atoms with E-state index in [0.717, 1.165) is 19.3 Å². The molecule has 1 aliphatic heterocycles. The number of rotatable bonds is 10. The van der Waals surface area contributed by atoms with E-state index in [-0.39, 0.29) is 30.5 Å². The number of unbranched alkanes of at least 4 members (excludes halogenated alkanes) is 1. The molecule has 132 valence electrons. The third-order valence-electron chi connectivity index (χ3n) is 3.92. The molecule has 0 unspecified atom stereocenters. The van der Waals surface area contributed by atoms with Crippen LogP contribution < -0.4 is 5.73 Å². The van der Waals surface area contributed by atoms with Crippen molar-refractivity contribution in [2.45, 2.75) is 97.0 Å². The van der Waals surface area contributed by atoms with E-state index in [0.29, 0.717) is 13.2 Å². The molecule has 2 N–H and O–H groups in total. The van der Waals surface area contributed by atoms with E-state index in [1.807, 2.05) is 34.6 Å². The first-order valence-corrected chi connectivity index (χ1v) is 8.63. The van der Waals surface area contributed by atoms with Gasteiger partial charge in [0.15, 0.2) is 5.79 Å². The van der Waals surface area contributed by atoms with Gasteiger partial charge in [0, 0.05) is 0 Å². The van der Waals surface area contributed by atoms with Crippen molar-refractivity contribution in [1.82, 2.24) is 0 Å². The van der Waals surface area contributed by atoms with E-state index >= 15 is 0 Å². The van der Waals surface area contributed by atoms with Crippen molar-refractivity contribution in [2.75, 3.05) is 13.2 Å². The van der Waals surface area contributed by atoms with E-state index in [1.165, 1.54) is 0 Å². The van der Waals surface area contributed by atoms with Crippen LogP contribution in [-0.4, -0.2) is 49.5 Å². The van der Waals surface area contributed by atoms with Crippen molar-refractivity contribution in [3.8, 4) is 0 Å². The molecule has 1 rings (SSSR count). The van der Waals surface area contributed by atoms with Gasteiger partial charge < -0.3 is 24.7 Å². The summed E-state index contributed by atoms with van der Waals surface area (Å²) in [6.07, 6.45) is 3.13. The molecule has 1 saturated heterocycles. The first-order valence-electron chi connectivity index (χ1n) is 8.63. The summed E-state index contributed by atoms with van der Waals surface area (Å²) in [5.74, 6) is -0.759. The maximum absolute atomic E-state index is 6.30. The average Bonchev–Trinajstić information content (AvgIpc) is 2.78. The Hall–Kier alpha value is -0.200. The van der Waals surface area contributed by atoms with E-state index < -0.39 is 5.79 Å². The van der Waals surface area contributed by atoms with Crippen molar-refractivity contribution in [3.63, 3.8) is 0 Å². The van der Waals surface area contributed by atoms with Gasteiger partial charge in [-0.25, -0.2) is 0 Å². The number of hydrogen-bond donors (Lipinski definition) is 1. The lowest BCUT2D eigenvalue weighted by Gasteiger charge is -2.30. The lowest BCUT2D eigenvalue weighted by molar-refractivity contribution is -0.185. The topological polar surface area (TPSA) is 62.9 Å². The van der Waals surface area contributed by atoms with Gasteiger partial charge in [0.2, 0.25) is 0 Å². The summed E-state index contributed by atoms with van der Waals surface area (Å²) >= 11 is 0. The van der Waals surface area contributed by atoms with Crippen LogP contribution in [0.2, 0.25) is 0 Å². The Balaban J connectivity index is 2.66. The summed E-state index contributed by atoms with van der Waals surface area (Å²) in [4.78, 5) is 0. The van der Waals surface area contributed by atoms with Crippen molar-refractivity contribution < 1.29 is 18.9 Å². The van der Waals surface area contributed by atoms with Crippen LogP contribution in [0.25, 0.3) is 0 Å². The molecule has 0 bridgehead atoms. The lowest BCUT2D eigenvalue weighted by Crippen LogP contribution is -2.47. The Labute approximate surface area is 135 Å². The summed E-state index contributed by atoms with van der Waals surface area (Å²) in [7, 11) is 0. The molecule has 0 aromatic carbocycles. The second kappa shape index (κ2) is 9.18. The highest BCUT2D eigenvalue weighted by Gasteiger charge is 2.48. The van der Waals surface area contributed by atoms with Gasteiger partial charge in [0.05, 0.1) is 31.5 Å². The van der Waals surface area contributed by atoms with E-state index in [9.17, 15) is 0 Å². The highest BCUT2D eigenvalue weighted by Crippen LogP contribution is 2.33. The molecule has 0 aromatic rings. The van der Waals surface area contributed by atoms with Crippen molar-refractivity contribution >= 4 is 0 Å². The van der Waals surface area contributed by atoms with E-state index in [4.69, 9.17) is 24.7 Å². The van der Waals surface area contributed by atoms with Gasteiger partial charge in [-0.15, -0.1) is 0 Å². The van der Waals surface area contributed by atoms with Crippen LogP contribution >= 0.6 is 0 Å². The molecule has 5 nitrogen and oxygen atoms in total. The Morgan fingerprint density at radius 3 is 1.82 bits per heavy atom. The van der Waals surface area contributed by atoms with Crippen LogP contribution in [0.4, 0.5) is 0 Å². The minimum Gasteiger partial charge on any atom is -0.376 e. The second-order valence-corrected chi connectivity index (χ2v) is 6.84. The van der Waals surface area contributed by atoms with Crippen molar-refractivity contribution in [2.24, 2.45) is 5.73 Å². The predicted octanol–water partition coefficient (Wildman–Crippen LogP) is 2.85. The Morgan fingerprint density at radius 2 is 1.45 bits per heavy atom. The maximum Gasteiger partial charge on any atom is 0.181 e. The highest BCUT2D eigenvalue weighted by molar-refractivity contribution is 4.90. The summed E-state index contributed by atoms with van der Waals surface area (Å²) < 4.78 is 23.7. The van der Waals surface area contributed by atoms with Gasteiger partial charge in [0.1, 0.15) is 12.2 Å². The van der Waals surface area contributed by atoms with E-state index in [2.05, 4.69) is 6.92 Å². The SMILES string of the molecule is CCCC[C@H](N)C1(C)O[C@@H](COC(C)C)[C@H](COC(C)C)O1. The molecule has 3 atom stereocenters. The summed E-state index contributed by atoms with van der Waals surface area (Å²) in [6, 6.07) is -0.141. The molecular weight excluding hydrogens is 282 g/mol. The smallest absolute Gasteiger partial charge is 0.181 e. The van der Waals surface area contributed by atoms with Crippen molar-refractivity contribution in [1.29, 1.82) is 0 Å². The Morgan fingerprint density at radius 1 is 1.00 bits per heavy atom. The third-order valence-corrected chi connectivity index (χ3v) is 3.92. The van der Waals surface area contributed by atoms with E-state index in [1.54, 1.807) is 0 Å². The molecule has 0 aromatic heterocycles. The van der Waals surface area contributed by atoms with Crippen LogP contribution in [0.3, 0.4) is 0 Å². The van der Waals surface area contributed by atoms with Gasteiger partial charge in [0.25, 0.3) is 0 Å². The molecule has 1 heterocycles. The monoisotopic (exact) mass is 317 g/mol. The highest BCUT2D eigenvalue weighted by atomic mass is 16.8. The van der Waals surface area contributed by atoms with Gasteiger partial charge in [-0.3, -0.25) is 0 Å². The number of ether oxygens (including phenoxy) is 4. The summed E-state index contributed by atoms with van der Waals surface area (Å²) in [5.41, 5.74) is 6.30. The Bertz CT molecular complexity index is 289. The third kappa shape index (κ3) is 6.13. The summed E-state index contributed by atoms with van der Waals surface area (Å²) in [5, 5.41) is 0. The number of hydrogen-bond acceptors (Lipinski definition) is 5. The predicted molar refractivity (Wildman–Crippen MR) is 87.8 cm³/mol. The van der Waals surface area contributed by atoms with Gasteiger partial charge >= 0.3 is 0 Å². The van der Waals surface area contributed by atoms with Crippen LogP contribution in [-0.2, 0) is 18.9 Å². The first kappa shape index (κ1) is 19.8. The fraction of sp³-hybridized carbons (Fsp3) is 1.00. The molecular formula is C17H35NO4. The molecule has 0 amide bonds. The molecule has 0 saturated carbocycles. The van der Waals surface area contributed by atoms with Crippen LogP contribution in [0.1, 0.15) is 60.8 Å². The van der Waals surface area contributed by atoms with Crippen LogP contribution in [0.15, 0.2) is 0 Å². The average molecular weight is 317 g/mol. The molecule has 1 fully saturated rings.